The summed E-state index contributed by atoms with van der Waals surface area (Å²) in [7, 11) is 2.11. The van der Waals surface area contributed by atoms with E-state index in [4.69, 9.17) is 0 Å². The molecule has 0 aromatic carbocycles. The molecular formula is C7H13NO. The molecule has 2 fully saturated rings. The second-order valence-electron chi connectivity index (χ2n) is 3.35. The summed E-state index contributed by atoms with van der Waals surface area (Å²) in [6.07, 6.45) is 3.49. The zero-order chi connectivity index (χ0) is 6.48. The average Bonchev–Trinajstić information content (AvgIpc) is 2.29. The van der Waals surface area contributed by atoms with Gasteiger partial charge >= 0.3 is 0 Å². The van der Waals surface area contributed by atoms with Crippen molar-refractivity contribution in [1.82, 2.24) is 4.90 Å². The molecule has 2 nitrogen and oxygen atoms in total. The van der Waals surface area contributed by atoms with Crippen molar-refractivity contribution in [3.63, 3.8) is 0 Å². The Hall–Kier alpha value is -0.0800. The van der Waals surface area contributed by atoms with Gasteiger partial charge in [0.25, 0.3) is 0 Å². The van der Waals surface area contributed by atoms with E-state index in [2.05, 4.69) is 11.9 Å². The average molecular weight is 127 g/mol. The Morgan fingerprint density at radius 1 is 1.67 bits per heavy atom. The van der Waals surface area contributed by atoms with E-state index in [0.29, 0.717) is 0 Å². The second-order valence-corrected chi connectivity index (χ2v) is 3.35. The topological polar surface area (TPSA) is 23.5 Å². The molecule has 1 spiro atoms. The summed E-state index contributed by atoms with van der Waals surface area (Å²) in [5, 5.41) is 9.25. The van der Waals surface area contributed by atoms with Crippen LogP contribution in [0, 0.1) is 0 Å². The minimum atomic E-state index is -0.00926. The molecule has 0 amide bonds. The lowest BCUT2D eigenvalue weighted by Gasteiger charge is -2.17. The van der Waals surface area contributed by atoms with E-state index in [1.54, 1.807) is 0 Å². The molecule has 1 aliphatic carbocycles. The van der Waals surface area contributed by atoms with Gasteiger partial charge in [0.1, 0.15) is 0 Å². The number of hydrogen-bond acceptors (Lipinski definition) is 2. The van der Waals surface area contributed by atoms with Crippen LogP contribution in [-0.4, -0.2) is 35.2 Å². The second kappa shape index (κ2) is 1.50. The Morgan fingerprint density at radius 2 is 2.33 bits per heavy atom. The Balaban J connectivity index is 2.12. The molecule has 1 N–H and O–H groups in total. The fourth-order valence-corrected chi connectivity index (χ4v) is 1.99. The maximum atomic E-state index is 9.25. The van der Waals surface area contributed by atoms with Gasteiger partial charge in [-0.25, -0.2) is 0 Å². The van der Waals surface area contributed by atoms with Crippen LogP contribution in [-0.2, 0) is 0 Å². The van der Waals surface area contributed by atoms with E-state index < -0.39 is 0 Å². The third-order valence-corrected chi connectivity index (χ3v) is 2.87. The van der Waals surface area contributed by atoms with Crippen molar-refractivity contribution in [2.24, 2.45) is 0 Å². The molecule has 9 heavy (non-hydrogen) atoms. The van der Waals surface area contributed by atoms with Gasteiger partial charge in [-0.15, -0.1) is 0 Å². The quantitative estimate of drug-likeness (QED) is 0.503. The van der Waals surface area contributed by atoms with Gasteiger partial charge in [0, 0.05) is 5.54 Å². The molecule has 0 bridgehead atoms. The molecule has 1 saturated carbocycles. The van der Waals surface area contributed by atoms with Crippen LogP contribution < -0.4 is 0 Å². The molecule has 0 radical (unpaired) electrons. The highest BCUT2D eigenvalue weighted by molar-refractivity contribution is 5.14. The first-order valence-electron chi connectivity index (χ1n) is 3.65. The SMILES string of the molecule is CN1CCC[C@@]12C[C@@H]2O. The summed E-state index contributed by atoms with van der Waals surface area (Å²) < 4.78 is 0. The van der Waals surface area contributed by atoms with Gasteiger partial charge in [-0.1, -0.05) is 0 Å². The molecule has 0 unspecified atom stereocenters. The standard InChI is InChI=1S/C7H13NO/c1-8-4-2-3-7(8)5-6(7)9/h6,9H,2-5H2,1H3/t6-,7-/m0/s1. The van der Waals surface area contributed by atoms with Gasteiger partial charge in [-0.05, 0) is 32.9 Å². The molecule has 2 heteroatoms. The normalized spacial score (nSPS) is 50.7. The Bertz CT molecular complexity index is 137. The number of likely N-dealkylation sites (N-methyl/N-ethyl adjacent to an activating group) is 1. The number of aliphatic hydroxyl groups excluding tert-OH is 1. The minimum Gasteiger partial charge on any atom is -0.391 e. The van der Waals surface area contributed by atoms with Gasteiger partial charge in [0.05, 0.1) is 6.10 Å². The summed E-state index contributed by atoms with van der Waals surface area (Å²) in [5.74, 6) is 0. The van der Waals surface area contributed by atoms with Gasteiger partial charge in [0.2, 0.25) is 0 Å². The first kappa shape index (κ1) is 5.69. The van der Waals surface area contributed by atoms with E-state index in [1.165, 1.54) is 19.4 Å². The number of rotatable bonds is 0. The maximum Gasteiger partial charge on any atom is 0.0743 e. The number of hydrogen-bond donors (Lipinski definition) is 1. The van der Waals surface area contributed by atoms with Crippen LogP contribution >= 0.6 is 0 Å². The van der Waals surface area contributed by atoms with Crippen molar-refractivity contribution in [3.05, 3.63) is 0 Å². The van der Waals surface area contributed by atoms with E-state index >= 15 is 0 Å². The van der Waals surface area contributed by atoms with Crippen LogP contribution in [0.2, 0.25) is 0 Å². The lowest BCUT2D eigenvalue weighted by molar-refractivity contribution is 0.178. The van der Waals surface area contributed by atoms with E-state index in [9.17, 15) is 5.11 Å². The van der Waals surface area contributed by atoms with Crippen molar-refractivity contribution in [2.75, 3.05) is 13.6 Å². The highest BCUT2D eigenvalue weighted by Crippen LogP contribution is 2.48. The number of nitrogens with zero attached hydrogens (tertiary/aromatic N) is 1. The third kappa shape index (κ3) is 0.578. The van der Waals surface area contributed by atoms with Crippen molar-refractivity contribution in [1.29, 1.82) is 0 Å². The fourth-order valence-electron chi connectivity index (χ4n) is 1.99. The Labute approximate surface area is 55.5 Å². The number of likely N-dealkylation sites (tertiary alicyclic amines) is 1. The van der Waals surface area contributed by atoms with Crippen LogP contribution in [0.3, 0.4) is 0 Å². The molecule has 1 aliphatic heterocycles. The lowest BCUT2D eigenvalue weighted by Crippen LogP contribution is -2.30. The summed E-state index contributed by atoms with van der Waals surface area (Å²) >= 11 is 0. The molecule has 0 aromatic rings. The zero-order valence-corrected chi connectivity index (χ0v) is 5.80. The smallest absolute Gasteiger partial charge is 0.0743 e. The maximum absolute atomic E-state index is 9.25. The van der Waals surface area contributed by atoms with Gasteiger partial charge in [-0.3, -0.25) is 4.90 Å². The molecular weight excluding hydrogens is 114 g/mol. The summed E-state index contributed by atoms with van der Waals surface area (Å²) in [4.78, 5) is 2.30. The minimum absolute atomic E-state index is 0.00926. The van der Waals surface area contributed by atoms with E-state index in [-0.39, 0.29) is 11.6 Å². The van der Waals surface area contributed by atoms with Crippen molar-refractivity contribution in [2.45, 2.75) is 30.9 Å². The van der Waals surface area contributed by atoms with Crippen LogP contribution in [0.1, 0.15) is 19.3 Å². The lowest BCUT2D eigenvalue weighted by atomic mass is 10.2. The molecule has 0 aromatic heterocycles. The van der Waals surface area contributed by atoms with E-state index in [1.807, 2.05) is 0 Å². The van der Waals surface area contributed by atoms with Crippen LogP contribution in [0.4, 0.5) is 0 Å². The van der Waals surface area contributed by atoms with Gasteiger partial charge < -0.3 is 5.11 Å². The van der Waals surface area contributed by atoms with Gasteiger partial charge in [-0.2, -0.15) is 0 Å². The largest absolute Gasteiger partial charge is 0.391 e. The summed E-state index contributed by atoms with van der Waals surface area (Å²) in [6, 6.07) is 0. The van der Waals surface area contributed by atoms with Crippen LogP contribution in [0.5, 0.6) is 0 Å². The first-order valence-corrected chi connectivity index (χ1v) is 3.65. The highest BCUT2D eigenvalue weighted by atomic mass is 16.3. The van der Waals surface area contributed by atoms with Crippen molar-refractivity contribution in [3.8, 4) is 0 Å². The molecule has 1 heterocycles. The predicted molar refractivity (Wildman–Crippen MR) is 35.2 cm³/mol. The highest BCUT2D eigenvalue weighted by Gasteiger charge is 2.58. The first-order chi connectivity index (χ1) is 4.26. The molecule has 1 saturated heterocycles. The van der Waals surface area contributed by atoms with Gasteiger partial charge in [0.15, 0.2) is 0 Å². The Morgan fingerprint density at radius 3 is 2.56 bits per heavy atom. The summed E-state index contributed by atoms with van der Waals surface area (Å²) in [6.45, 7) is 1.18. The third-order valence-electron chi connectivity index (χ3n) is 2.87. The molecule has 2 aliphatic rings. The van der Waals surface area contributed by atoms with Crippen LogP contribution in [0.25, 0.3) is 0 Å². The molecule has 2 atom stereocenters. The monoisotopic (exact) mass is 127 g/mol. The Kier molecular flexibility index (Phi) is 0.945. The van der Waals surface area contributed by atoms with E-state index in [0.717, 1.165) is 6.42 Å². The predicted octanol–water partition coefficient (Wildman–Crippen LogP) is 0.215. The summed E-state index contributed by atoms with van der Waals surface area (Å²) in [5.41, 5.74) is 0.250. The van der Waals surface area contributed by atoms with Crippen LogP contribution in [0.15, 0.2) is 0 Å². The van der Waals surface area contributed by atoms with Crippen molar-refractivity contribution >= 4 is 0 Å². The van der Waals surface area contributed by atoms with Crippen molar-refractivity contribution < 1.29 is 5.11 Å². The fraction of sp³-hybridized carbons (Fsp3) is 1.00. The number of aliphatic hydroxyl groups is 1. The molecule has 2 rings (SSSR count). The molecule has 52 valence electrons. The zero-order valence-electron chi connectivity index (χ0n) is 5.80.